The number of rotatable bonds is 5. The van der Waals surface area contributed by atoms with Gasteiger partial charge < -0.3 is 20.1 Å². The molecule has 4 nitrogen and oxygen atoms in total. The van der Waals surface area contributed by atoms with E-state index < -0.39 is 6.10 Å². The van der Waals surface area contributed by atoms with E-state index in [1.54, 1.807) is 24.3 Å². The van der Waals surface area contributed by atoms with Crippen LogP contribution in [0.3, 0.4) is 0 Å². The van der Waals surface area contributed by atoms with Crippen molar-refractivity contribution in [2.24, 2.45) is 0 Å². The first kappa shape index (κ1) is 11.0. The van der Waals surface area contributed by atoms with Crippen LogP contribution in [0.25, 0.3) is 0 Å². The predicted molar refractivity (Wildman–Crippen MR) is 51.0 cm³/mol. The third kappa shape index (κ3) is 3.33. The van der Waals surface area contributed by atoms with E-state index in [0.29, 0.717) is 5.75 Å². The Morgan fingerprint density at radius 2 is 2.07 bits per heavy atom. The second-order valence-corrected chi connectivity index (χ2v) is 2.95. The fourth-order valence-corrected chi connectivity index (χ4v) is 0.979. The van der Waals surface area contributed by atoms with E-state index in [2.05, 4.69) is 0 Å². The van der Waals surface area contributed by atoms with Crippen molar-refractivity contribution < 1.29 is 20.1 Å². The average molecular weight is 198 g/mol. The molecule has 1 rings (SSSR count). The van der Waals surface area contributed by atoms with Crippen LogP contribution in [0.1, 0.15) is 5.56 Å². The third-order valence-corrected chi connectivity index (χ3v) is 1.73. The van der Waals surface area contributed by atoms with Crippen molar-refractivity contribution in [1.29, 1.82) is 0 Å². The van der Waals surface area contributed by atoms with Crippen molar-refractivity contribution in [3.63, 3.8) is 0 Å². The van der Waals surface area contributed by atoms with Crippen LogP contribution >= 0.6 is 0 Å². The van der Waals surface area contributed by atoms with E-state index >= 15 is 0 Å². The Bertz CT molecular complexity index is 275. The third-order valence-electron chi connectivity index (χ3n) is 1.73. The summed E-state index contributed by atoms with van der Waals surface area (Å²) in [7, 11) is 0. The smallest absolute Gasteiger partial charge is 0.119 e. The summed E-state index contributed by atoms with van der Waals surface area (Å²) in [6.45, 7) is -0.315. The number of ether oxygens (including phenoxy) is 1. The number of aliphatic hydroxyl groups is 3. The Morgan fingerprint density at radius 3 is 2.71 bits per heavy atom. The number of hydrogen-bond acceptors (Lipinski definition) is 4. The number of hydrogen-bond donors (Lipinski definition) is 3. The molecule has 0 radical (unpaired) electrons. The summed E-state index contributed by atoms with van der Waals surface area (Å²) in [6.07, 6.45) is -0.868. The summed E-state index contributed by atoms with van der Waals surface area (Å²) in [6, 6.07) is 6.94. The van der Waals surface area contributed by atoms with E-state index in [0.717, 1.165) is 5.56 Å². The van der Waals surface area contributed by atoms with Crippen molar-refractivity contribution in [3.05, 3.63) is 29.8 Å². The Kier molecular flexibility index (Phi) is 4.39. The highest BCUT2D eigenvalue weighted by atomic mass is 16.5. The Labute approximate surface area is 82.4 Å². The minimum absolute atomic E-state index is 0.0419. The summed E-state index contributed by atoms with van der Waals surface area (Å²) in [4.78, 5) is 0. The van der Waals surface area contributed by atoms with Gasteiger partial charge in [0.15, 0.2) is 0 Å². The summed E-state index contributed by atoms with van der Waals surface area (Å²) in [5.41, 5.74) is 0.751. The maximum Gasteiger partial charge on any atom is 0.119 e. The van der Waals surface area contributed by atoms with E-state index in [1.807, 2.05) is 0 Å². The molecule has 14 heavy (non-hydrogen) atoms. The molecule has 0 aliphatic rings. The largest absolute Gasteiger partial charge is 0.491 e. The molecule has 0 fully saturated rings. The van der Waals surface area contributed by atoms with E-state index in [1.165, 1.54) is 0 Å². The van der Waals surface area contributed by atoms with Crippen LogP contribution in [-0.2, 0) is 6.61 Å². The molecule has 1 unspecified atom stereocenters. The normalized spacial score (nSPS) is 12.5. The minimum atomic E-state index is -0.868. The number of benzene rings is 1. The molecule has 0 amide bonds. The average Bonchev–Trinajstić information content (AvgIpc) is 2.26. The van der Waals surface area contributed by atoms with Crippen LogP contribution in [0.15, 0.2) is 24.3 Å². The van der Waals surface area contributed by atoms with Gasteiger partial charge in [0.2, 0.25) is 0 Å². The standard InChI is InChI=1S/C10H14O4/c11-5-8-2-1-3-10(4-8)14-7-9(13)6-12/h1-4,9,11-13H,5-7H2. The molecule has 0 aromatic heterocycles. The highest BCUT2D eigenvalue weighted by Gasteiger charge is 2.02. The van der Waals surface area contributed by atoms with Crippen LogP contribution in [0.2, 0.25) is 0 Å². The summed E-state index contributed by atoms with van der Waals surface area (Å²) in [5, 5.41) is 26.4. The fraction of sp³-hybridized carbons (Fsp3) is 0.400. The maximum atomic E-state index is 9.02. The van der Waals surface area contributed by atoms with Crippen molar-refractivity contribution in [2.45, 2.75) is 12.7 Å². The molecular weight excluding hydrogens is 184 g/mol. The molecule has 1 atom stereocenters. The van der Waals surface area contributed by atoms with Gasteiger partial charge in [-0.05, 0) is 17.7 Å². The maximum absolute atomic E-state index is 9.02. The van der Waals surface area contributed by atoms with Crippen molar-refractivity contribution in [1.82, 2.24) is 0 Å². The van der Waals surface area contributed by atoms with Crippen LogP contribution in [-0.4, -0.2) is 34.6 Å². The predicted octanol–water partition coefficient (Wildman–Crippen LogP) is -0.0891. The van der Waals surface area contributed by atoms with Gasteiger partial charge in [0.05, 0.1) is 13.2 Å². The monoisotopic (exact) mass is 198 g/mol. The summed E-state index contributed by atoms with van der Waals surface area (Å²) < 4.78 is 5.18. The number of aliphatic hydroxyl groups excluding tert-OH is 3. The molecule has 0 spiro atoms. The zero-order valence-corrected chi connectivity index (χ0v) is 7.76. The van der Waals surface area contributed by atoms with Crippen LogP contribution in [0.4, 0.5) is 0 Å². The SMILES string of the molecule is OCc1cccc(OCC(O)CO)c1. The first-order valence-electron chi connectivity index (χ1n) is 4.37. The van der Waals surface area contributed by atoms with Gasteiger partial charge in [-0.3, -0.25) is 0 Å². The van der Waals surface area contributed by atoms with Gasteiger partial charge >= 0.3 is 0 Å². The van der Waals surface area contributed by atoms with Crippen molar-refractivity contribution in [3.8, 4) is 5.75 Å². The molecule has 4 heteroatoms. The molecule has 0 heterocycles. The van der Waals surface area contributed by atoms with Crippen molar-refractivity contribution in [2.75, 3.05) is 13.2 Å². The Hall–Kier alpha value is -1.10. The molecule has 3 N–H and O–H groups in total. The van der Waals surface area contributed by atoms with Gasteiger partial charge in [0.1, 0.15) is 18.5 Å². The van der Waals surface area contributed by atoms with Crippen LogP contribution in [0, 0.1) is 0 Å². The van der Waals surface area contributed by atoms with Crippen LogP contribution in [0.5, 0.6) is 5.75 Å². The van der Waals surface area contributed by atoms with E-state index in [-0.39, 0.29) is 19.8 Å². The second kappa shape index (κ2) is 5.59. The van der Waals surface area contributed by atoms with Crippen molar-refractivity contribution >= 4 is 0 Å². The van der Waals surface area contributed by atoms with E-state index in [4.69, 9.17) is 20.1 Å². The van der Waals surface area contributed by atoms with Gasteiger partial charge in [-0.25, -0.2) is 0 Å². The highest BCUT2D eigenvalue weighted by Crippen LogP contribution is 2.13. The van der Waals surface area contributed by atoms with E-state index in [9.17, 15) is 0 Å². The molecule has 1 aromatic carbocycles. The molecular formula is C10H14O4. The van der Waals surface area contributed by atoms with Gasteiger partial charge in [-0.1, -0.05) is 12.1 Å². The first-order valence-corrected chi connectivity index (χ1v) is 4.37. The molecule has 0 saturated heterocycles. The molecule has 0 aliphatic heterocycles. The summed E-state index contributed by atoms with van der Waals surface area (Å²) >= 11 is 0. The van der Waals surface area contributed by atoms with Gasteiger partial charge in [0, 0.05) is 0 Å². The van der Waals surface area contributed by atoms with Gasteiger partial charge in [-0.2, -0.15) is 0 Å². The van der Waals surface area contributed by atoms with Gasteiger partial charge in [0.25, 0.3) is 0 Å². The molecule has 0 saturated carbocycles. The second-order valence-electron chi connectivity index (χ2n) is 2.95. The lowest BCUT2D eigenvalue weighted by Crippen LogP contribution is -2.21. The lowest BCUT2D eigenvalue weighted by atomic mass is 10.2. The Morgan fingerprint density at radius 1 is 1.29 bits per heavy atom. The molecule has 0 bridgehead atoms. The first-order chi connectivity index (χ1) is 6.76. The van der Waals surface area contributed by atoms with Crippen LogP contribution < -0.4 is 4.74 Å². The zero-order valence-electron chi connectivity index (χ0n) is 7.76. The lowest BCUT2D eigenvalue weighted by molar-refractivity contribution is 0.0535. The molecule has 0 aliphatic carbocycles. The quantitative estimate of drug-likeness (QED) is 0.618. The topological polar surface area (TPSA) is 69.9 Å². The Balaban J connectivity index is 2.50. The highest BCUT2D eigenvalue weighted by molar-refractivity contribution is 5.27. The van der Waals surface area contributed by atoms with Gasteiger partial charge in [-0.15, -0.1) is 0 Å². The zero-order chi connectivity index (χ0) is 10.4. The molecule has 1 aromatic rings. The minimum Gasteiger partial charge on any atom is -0.491 e. The lowest BCUT2D eigenvalue weighted by Gasteiger charge is -2.10. The molecule has 78 valence electrons. The summed E-state index contributed by atoms with van der Waals surface area (Å²) in [5.74, 6) is 0.573. The fourth-order valence-electron chi connectivity index (χ4n) is 0.979.